The van der Waals surface area contributed by atoms with E-state index in [1.165, 1.54) is 35.6 Å². The van der Waals surface area contributed by atoms with E-state index < -0.39 is 24.0 Å². The van der Waals surface area contributed by atoms with Crippen molar-refractivity contribution in [3.63, 3.8) is 0 Å². The minimum absolute atomic E-state index is 0.00799. The first kappa shape index (κ1) is 53.1. The number of rotatable bonds is 20. The van der Waals surface area contributed by atoms with Crippen LogP contribution < -0.4 is 38.0 Å². The number of aliphatic hydroxyl groups excluding tert-OH is 2. The number of carbonyl (C=O) groups excluding carboxylic acids is 1. The number of aryl methyl sites for hydroxylation is 1. The molecule has 8 rings (SSSR count). The topological polar surface area (TPSA) is 393 Å². The van der Waals surface area contributed by atoms with Crippen molar-refractivity contribution in [2.24, 2.45) is 7.05 Å². The summed E-state index contributed by atoms with van der Waals surface area (Å²) < 4.78 is 47.5. The Labute approximate surface area is 402 Å². The quantitative estimate of drug-likeness (QED) is 0.0271. The van der Waals surface area contributed by atoms with Gasteiger partial charge in [-0.05, 0) is 25.8 Å². The number of H-pyrrole nitrogens is 2. The molecule has 70 heavy (non-hydrogen) atoms. The highest BCUT2D eigenvalue weighted by atomic mass is 32.2. The van der Waals surface area contributed by atoms with Crippen LogP contribution in [0.5, 0.6) is 0 Å². The minimum Gasteiger partial charge on any atom is -0.394 e. The van der Waals surface area contributed by atoms with Gasteiger partial charge in [-0.1, -0.05) is 47.1 Å². The maximum atomic E-state index is 13.2. The van der Waals surface area contributed by atoms with Gasteiger partial charge in [-0.3, -0.25) is 42.5 Å². The normalized spacial score (nSPS) is 15.7. The number of hydrogen-bond acceptors (Lipinski definition) is 22. The van der Waals surface area contributed by atoms with E-state index in [-0.39, 0.29) is 112 Å². The van der Waals surface area contributed by atoms with Crippen molar-refractivity contribution in [1.29, 1.82) is 0 Å². The van der Waals surface area contributed by atoms with Crippen molar-refractivity contribution in [3.8, 4) is 0 Å². The second-order valence-corrected chi connectivity index (χ2v) is 18.6. The first-order valence-electron chi connectivity index (χ1n) is 21.5. The molecule has 378 valence electrons. The number of benzene rings is 1. The van der Waals surface area contributed by atoms with Gasteiger partial charge in [0.25, 0.3) is 16.8 Å². The highest BCUT2D eigenvalue weighted by Gasteiger charge is 2.31. The molecule has 12 N–H and O–H groups in total. The smallest absolute Gasteiger partial charge is 0.394 e. The molecule has 1 saturated heterocycles. The van der Waals surface area contributed by atoms with E-state index in [2.05, 4.69) is 45.0 Å². The van der Waals surface area contributed by atoms with Gasteiger partial charge in [0, 0.05) is 18.7 Å². The molecule has 1 aliphatic heterocycles. The lowest BCUT2D eigenvalue weighted by atomic mass is 10.2. The lowest BCUT2D eigenvalue weighted by Gasteiger charge is -2.20. The van der Waals surface area contributed by atoms with Crippen molar-refractivity contribution < 1.29 is 52.5 Å². The van der Waals surface area contributed by atoms with Crippen LogP contribution in [0.2, 0.25) is 0 Å². The average Bonchev–Trinajstić information content (AvgIpc) is 4.16. The van der Waals surface area contributed by atoms with Crippen LogP contribution in [-0.2, 0) is 59.7 Å². The van der Waals surface area contributed by atoms with Gasteiger partial charge in [0.2, 0.25) is 29.2 Å². The maximum Gasteiger partial charge on any atom is 0.405 e. The Balaban J connectivity index is 0.000000195. The number of ether oxygens (including phenoxy) is 3. The fraction of sp³-hybridized carbons (Fsp3) is 0.450. The van der Waals surface area contributed by atoms with E-state index in [1.807, 2.05) is 46.5 Å². The second kappa shape index (κ2) is 24.5. The molecule has 0 radical (unpaired) electrons. The van der Waals surface area contributed by atoms with Gasteiger partial charge in [0.1, 0.15) is 19.1 Å². The molecule has 3 atom stereocenters. The van der Waals surface area contributed by atoms with Crippen LogP contribution in [0.4, 0.5) is 17.7 Å². The van der Waals surface area contributed by atoms with Gasteiger partial charge >= 0.3 is 7.75 Å². The van der Waals surface area contributed by atoms with Gasteiger partial charge in [-0.25, -0.2) is 33.7 Å². The van der Waals surface area contributed by atoms with Gasteiger partial charge < -0.3 is 46.7 Å². The predicted octanol–water partition coefficient (Wildman–Crippen LogP) is -0.186. The summed E-state index contributed by atoms with van der Waals surface area (Å²) in [6, 6.07) is 9.30. The Morgan fingerprint density at radius 2 is 1.49 bits per heavy atom. The zero-order chi connectivity index (χ0) is 50.4. The van der Waals surface area contributed by atoms with Gasteiger partial charge in [-0.15, -0.1) is 0 Å². The summed E-state index contributed by atoms with van der Waals surface area (Å²) in [6.45, 7) is 3.32. The third kappa shape index (κ3) is 14.2. The molecule has 30 heteroatoms. The molecule has 1 fully saturated rings. The number of aromatic nitrogens is 12. The predicted molar refractivity (Wildman–Crippen MR) is 254 cm³/mol. The number of nitrogen functional groups attached to an aromatic ring is 3. The van der Waals surface area contributed by atoms with Crippen LogP contribution in [0.15, 0.2) is 65.2 Å². The van der Waals surface area contributed by atoms with Crippen LogP contribution in [0.25, 0.3) is 33.5 Å². The summed E-state index contributed by atoms with van der Waals surface area (Å²) in [5.41, 5.74) is 17.9. The van der Waals surface area contributed by atoms with Crippen molar-refractivity contribution in [2.75, 3.05) is 62.6 Å². The fourth-order valence-electron chi connectivity index (χ4n) is 6.50. The van der Waals surface area contributed by atoms with Gasteiger partial charge in [0.05, 0.1) is 65.4 Å². The van der Waals surface area contributed by atoms with Crippen molar-refractivity contribution in [3.05, 3.63) is 81.9 Å². The molecule has 0 saturated carbocycles. The Bertz CT molecular complexity index is 3000. The van der Waals surface area contributed by atoms with E-state index in [4.69, 9.17) is 50.7 Å². The van der Waals surface area contributed by atoms with Crippen molar-refractivity contribution in [2.45, 2.75) is 64.6 Å². The average molecular weight is 1020 g/mol. The largest absolute Gasteiger partial charge is 0.405 e. The molecule has 1 aliphatic rings. The molecule has 0 bridgehead atoms. The minimum atomic E-state index is -3.75. The molecule has 0 spiro atoms. The first-order valence-corrected chi connectivity index (χ1v) is 24.0. The summed E-state index contributed by atoms with van der Waals surface area (Å²) >= 11 is 0.881. The molecule has 0 amide bonds. The summed E-state index contributed by atoms with van der Waals surface area (Å²) in [5.74, 6) is 0.588. The van der Waals surface area contributed by atoms with Crippen LogP contribution in [-0.4, -0.2) is 131 Å². The van der Waals surface area contributed by atoms with Crippen LogP contribution in [0, 0.1) is 0 Å². The highest BCUT2D eigenvalue weighted by molar-refractivity contribution is 8.13. The maximum absolute atomic E-state index is 13.2. The number of fused-ring (bicyclic) bond motifs is 3. The van der Waals surface area contributed by atoms with E-state index in [9.17, 15) is 24.1 Å². The number of carbonyl (C=O) groups is 1. The number of hydrogen-bond donors (Lipinski definition) is 9. The molecule has 0 aliphatic carbocycles. The lowest BCUT2D eigenvalue weighted by Crippen LogP contribution is -2.32. The van der Waals surface area contributed by atoms with E-state index in [0.29, 0.717) is 17.0 Å². The Hall–Kier alpha value is -6.24. The molecule has 7 aromatic rings. The summed E-state index contributed by atoms with van der Waals surface area (Å²) in [7, 11) is -1.85. The SMILES string of the molecule is CC(C)(O)C(=O)SCCOP(=O)(NCc1ccccc1)OCCOCn1cnc2c(=O)[nH]c(N)nc21.C[n+]1cnc(N)c2ncn([C@@H]3CC[C@H](CO)O3)c21.Nc1nc2c(ncn2COCCO)c(=O)[nH]1. The Kier molecular flexibility index (Phi) is 18.6. The number of imidazole rings is 3. The molecule has 7 heterocycles. The standard InChI is InChI=1S/C21H29N6O7PS.C11H15N5O2.C8H11N5O3/c1-21(2,30)19(29)36-11-10-34-35(31,24-12-15-6-4-3-5-7-15)33-9-8-32-14-27-13-23-16-17(27)25-20(22)26-18(16)28;1-15-5-14-10(12)9-11(15)16(6-13-9)8-3-2-7(4-17)18-8;9-8-11-6-5(7(15)12-8)10-3-13(6)4-16-2-1-14/h3-7,13,30H,8-12,14H2,1-2H3,(H,24,31)(H3,22,25,26,28);5-8,12,17H,2-4H2,1H3;3,14H,1-2,4H2,(H3,9,11,12,15)/p+1/t;7-,8+;/m.1./s1. The zero-order valence-electron chi connectivity index (χ0n) is 38.4. The third-order valence-corrected chi connectivity index (χ3v) is 12.6. The number of aromatic amines is 2. The Morgan fingerprint density at radius 1 is 0.886 bits per heavy atom. The highest BCUT2D eigenvalue weighted by Crippen LogP contribution is 2.44. The number of nitrogens with two attached hydrogens (primary N) is 3. The molecule has 28 nitrogen and oxygen atoms in total. The zero-order valence-corrected chi connectivity index (χ0v) is 40.1. The second-order valence-electron chi connectivity index (χ2n) is 15.7. The number of anilines is 3. The molecular formula is C40H56N16O12PS+. The van der Waals surface area contributed by atoms with Crippen LogP contribution >= 0.6 is 19.5 Å². The molecule has 6 aromatic heterocycles. The Morgan fingerprint density at radius 3 is 2.07 bits per heavy atom. The number of aliphatic hydroxyl groups is 3. The van der Waals surface area contributed by atoms with E-state index in [0.717, 1.165) is 35.8 Å². The number of nitrogens with one attached hydrogen (secondary N) is 3. The summed E-state index contributed by atoms with van der Waals surface area (Å²) in [4.78, 5) is 64.1. The van der Waals surface area contributed by atoms with Crippen molar-refractivity contribution >= 4 is 75.8 Å². The van der Waals surface area contributed by atoms with Gasteiger partial charge in [-0.2, -0.15) is 9.97 Å². The molecule has 1 unspecified atom stereocenters. The van der Waals surface area contributed by atoms with E-state index >= 15 is 0 Å². The first-order chi connectivity index (χ1) is 33.5. The monoisotopic (exact) mass is 1020 g/mol. The third-order valence-electron chi connectivity index (χ3n) is 9.88. The molecular weight excluding hydrogens is 960 g/mol. The van der Waals surface area contributed by atoms with Crippen LogP contribution in [0.3, 0.4) is 0 Å². The van der Waals surface area contributed by atoms with Gasteiger partial charge in [0.15, 0.2) is 40.4 Å². The fourth-order valence-corrected chi connectivity index (χ4v) is 8.61. The number of nitrogens with zero attached hydrogens (tertiary/aromatic N) is 10. The summed E-state index contributed by atoms with van der Waals surface area (Å²) in [6.07, 6.45) is 7.74. The van der Waals surface area contributed by atoms with Crippen molar-refractivity contribution in [1.82, 2.24) is 58.7 Å². The van der Waals surface area contributed by atoms with Crippen LogP contribution in [0.1, 0.15) is 38.5 Å². The van der Waals surface area contributed by atoms with E-state index in [1.54, 1.807) is 12.7 Å². The summed E-state index contributed by atoms with van der Waals surface area (Å²) in [5, 5.41) is 29.8. The number of thioether (sulfide) groups is 1. The lowest BCUT2D eigenvalue weighted by molar-refractivity contribution is -0.651. The molecule has 1 aromatic carbocycles.